The van der Waals surface area contributed by atoms with Crippen LogP contribution in [-0.2, 0) is 24.4 Å². The summed E-state index contributed by atoms with van der Waals surface area (Å²) in [7, 11) is 3.77. The van der Waals surface area contributed by atoms with Gasteiger partial charge >= 0.3 is 0 Å². The number of carbonyl (C=O) groups is 1. The summed E-state index contributed by atoms with van der Waals surface area (Å²) in [6.45, 7) is 5.36. The summed E-state index contributed by atoms with van der Waals surface area (Å²) >= 11 is 0. The van der Waals surface area contributed by atoms with Gasteiger partial charge in [0.15, 0.2) is 0 Å². The summed E-state index contributed by atoms with van der Waals surface area (Å²) in [5, 5.41) is 11.2. The lowest BCUT2D eigenvalue weighted by atomic mass is 10.2. The van der Waals surface area contributed by atoms with Crippen molar-refractivity contribution in [3.05, 3.63) is 54.0 Å². The molecule has 0 aliphatic carbocycles. The van der Waals surface area contributed by atoms with Gasteiger partial charge in [-0.3, -0.25) is 9.69 Å². The van der Waals surface area contributed by atoms with Crippen LogP contribution in [0.2, 0.25) is 0 Å². The molecule has 1 amide bonds. The van der Waals surface area contributed by atoms with Crippen molar-refractivity contribution in [1.82, 2.24) is 30.1 Å². The SMILES string of the molecule is COc1ccc(-c2ccc(CNC(=O)Cn3cc(CN4CCN(C)CC4)nn3)o2)cc1. The number of likely N-dealkylation sites (N-methyl/N-ethyl adjacent to an activating group) is 1. The Kier molecular flexibility index (Phi) is 6.63. The molecule has 4 rings (SSSR count). The Hall–Kier alpha value is -3.17. The second kappa shape index (κ2) is 9.76. The summed E-state index contributed by atoms with van der Waals surface area (Å²) in [4.78, 5) is 17.0. The number of ether oxygens (including phenoxy) is 1. The van der Waals surface area contributed by atoms with Crippen LogP contribution in [0.1, 0.15) is 11.5 Å². The Bertz CT molecular complexity index is 989. The Morgan fingerprint density at radius 3 is 2.65 bits per heavy atom. The topological polar surface area (TPSA) is 88.7 Å². The highest BCUT2D eigenvalue weighted by molar-refractivity contribution is 5.75. The van der Waals surface area contributed by atoms with E-state index in [0.29, 0.717) is 12.3 Å². The van der Waals surface area contributed by atoms with Gasteiger partial charge in [-0.15, -0.1) is 5.10 Å². The third-order valence-corrected chi connectivity index (χ3v) is 5.37. The Labute approximate surface area is 181 Å². The monoisotopic (exact) mass is 424 g/mol. The first-order valence-electron chi connectivity index (χ1n) is 10.4. The van der Waals surface area contributed by atoms with Crippen LogP contribution in [0.5, 0.6) is 5.75 Å². The molecule has 3 heterocycles. The van der Waals surface area contributed by atoms with E-state index in [1.165, 1.54) is 0 Å². The molecule has 0 bridgehead atoms. The van der Waals surface area contributed by atoms with Gasteiger partial charge in [-0.1, -0.05) is 5.21 Å². The van der Waals surface area contributed by atoms with Gasteiger partial charge < -0.3 is 19.4 Å². The lowest BCUT2D eigenvalue weighted by Crippen LogP contribution is -2.43. The summed E-state index contributed by atoms with van der Waals surface area (Å²) < 4.78 is 12.6. The number of piperazine rings is 1. The molecule has 1 N–H and O–H groups in total. The van der Waals surface area contributed by atoms with Crippen molar-refractivity contribution in [2.75, 3.05) is 40.3 Å². The maximum atomic E-state index is 12.3. The molecule has 9 heteroatoms. The van der Waals surface area contributed by atoms with E-state index >= 15 is 0 Å². The molecule has 0 atom stereocenters. The number of amides is 1. The molecule has 1 aromatic carbocycles. The fraction of sp³-hybridized carbons (Fsp3) is 0.409. The predicted octanol–water partition coefficient (Wildman–Crippen LogP) is 1.61. The zero-order valence-corrected chi connectivity index (χ0v) is 18.0. The number of nitrogens with one attached hydrogen (secondary N) is 1. The van der Waals surface area contributed by atoms with Crippen LogP contribution >= 0.6 is 0 Å². The van der Waals surface area contributed by atoms with Gasteiger partial charge in [-0.05, 0) is 43.4 Å². The van der Waals surface area contributed by atoms with Gasteiger partial charge in [0.1, 0.15) is 23.8 Å². The molecule has 1 saturated heterocycles. The number of carbonyl (C=O) groups excluding carboxylic acids is 1. The Balaban J connectivity index is 1.24. The highest BCUT2D eigenvalue weighted by Gasteiger charge is 2.16. The molecule has 1 aliphatic rings. The molecule has 0 saturated carbocycles. The molecule has 1 aliphatic heterocycles. The van der Waals surface area contributed by atoms with E-state index in [9.17, 15) is 4.79 Å². The second-order valence-electron chi connectivity index (χ2n) is 7.76. The standard InChI is InChI=1S/C22H28N6O3/c1-26-9-11-27(12-10-26)14-18-15-28(25-24-18)16-22(29)23-13-20-7-8-21(31-20)17-3-5-19(30-2)6-4-17/h3-8,15H,9-14,16H2,1-2H3,(H,23,29). The largest absolute Gasteiger partial charge is 0.497 e. The normalized spacial score (nSPS) is 15.2. The minimum atomic E-state index is -0.140. The number of nitrogens with zero attached hydrogens (tertiary/aromatic N) is 5. The first-order valence-corrected chi connectivity index (χ1v) is 10.4. The van der Waals surface area contributed by atoms with Crippen molar-refractivity contribution in [3.63, 3.8) is 0 Å². The molecule has 3 aromatic rings. The highest BCUT2D eigenvalue weighted by atomic mass is 16.5. The average Bonchev–Trinajstić information content (AvgIpc) is 3.44. The van der Waals surface area contributed by atoms with Crippen molar-refractivity contribution in [1.29, 1.82) is 0 Å². The second-order valence-corrected chi connectivity index (χ2v) is 7.76. The van der Waals surface area contributed by atoms with Crippen LogP contribution in [0, 0.1) is 0 Å². The van der Waals surface area contributed by atoms with E-state index in [0.717, 1.165) is 55.5 Å². The number of methoxy groups -OCH3 is 1. The van der Waals surface area contributed by atoms with Crippen molar-refractivity contribution < 1.29 is 13.9 Å². The third kappa shape index (κ3) is 5.71. The predicted molar refractivity (Wildman–Crippen MR) is 115 cm³/mol. The maximum absolute atomic E-state index is 12.3. The number of rotatable bonds is 8. The number of aromatic nitrogens is 3. The fourth-order valence-corrected chi connectivity index (χ4v) is 3.50. The smallest absolute Gasteiger partial charge is 0.242 e. The van der Waals surface area contributed by atoms with Gasteiger partial charge in [0, 0.05) is 38.3 Å². The minimum absolute atomic E-state index is 0.127. The van der Waals surface area contributed by atoms with Crippen molar-refractivity contribution >= 4 is 5.91 Å². The molecule has 31 heavy (non-hydrogen) atoms. The summed E-state index contributed by atoms with van der Waals surface area (Å²) in [6, 6.07) is 11.4. The summed E-state index contributed by atoms with van der Waals surface area (Å²) in [5.74, 6) is 2.09. The number of hydrogen-bond donors (Lipinski definition) is 1. The lowest BCUT2D eigenvalue weighted by Gasteiger charge is -2.31. The molecule has 0 radical (unpaired) electrons. The molecule has 164 valence electrons. The van der Waals surface area contributed by atoms with Crippen LogP contribution < -0.4 is 10.1 Å². The highest BCUT2D eigenvalue weighted by Crippen LogP contribution is 2.24. The zero-order chi connectivity index (χ0) is 21.6. The molecule has 1 fully saturated rings. The van der Waals surface area contributed by atoms with E-state index in [4.69, 9.17) is 9.15 Å². The Morgan fingerprint density at radius 1 is 1.13 bits per heavy atom. The lowest BCUT2D eigenvalue weighted by molar-refractivity contribution is -0.122. The Morgan fingerprint density at radius 2 is 1.90 bits per heavy atom. The molecule has 9 nitrogen and oxygen atoms in total. The van der Waals surface area contributed by atoms with E-state index in [2.05, 4.69) is 32.5 Å². The van der Waals surface area contributed by atoms with Gasteiger partial charge in [0.05, 0.1) is 25.5 Å². The van der Waals surface area contributed by atoms with Crippen LogP contribution in [-0.4, -0.2) is 71.0 Å². The summed E-state index contributed by atoms with van der Waals surface area (Å²) in [6.07, 6.45) is 1.84. The van der Waals surface area contributed by atoms with Crippen LogP contribution in [0.3, 0.4) is 0 Å². The van der Waals surface area contributed by atoms with Gasteiger partial charge in [-0.2, -0.15) is 0 Å². The van der Waals surface area contributed by atoms with Crippen LogP contribution in [0.25, 0.3) is 11.3 Å². The number of benzene rings is 1. The zero-order valence-electron chi connectivity index (χ0n) is 18.0. The molecule has 0 spiro atoms. The van der Waals surface area contributed by atoms with E-state index in [1.807, 2.05) is 42.6 Å². The molecular formula is C22H28N6O3. The van der Waals surface area contributed by atoms with Gasteiger partial charge in [0.2, 0.25) is 5.91 Å². The average molecular weight is 425 g/mol. The molecule has 0 unspecified atom stereocenters. The van der Waals surface area contributed by atoms with Crippen molar-refractivity contribution in [3.8, 4) is 17.1 Å². The van der Waals surface area contributed by atoms with Crippen LogP contribution in [0.15, 0.2) is 47.0 Å². The minimum Gasteiger partial charge on any atom is -0.497 e. The van der Waals surface area contributed by atoms with E-state index in [1.54, 1.807) is 11.8 Å². The molecular weight excluding hydrogens is 396 g/mol. The number of hydrogen-bond acceptors (Lipinski definition) is 7. The van der Waals surface area contributed by atoms with Crippen molar-refractivity contribution in [2.24, 2.45) is 0 Å². The third-order valence-electron chi connectivity index (χ3n) is 5.37. The quantitative estimate of drug-likeness (QED) is 0.588. The number of furan rings is 1. The van der Waals surface area contributed by atoms with Crippen LogP contribution in [0.4, 0.5) is 0 Å². The van der Waals surface area contributed by atoms with E-state index < -0.39 is 0 Å². The van der Waals surface area contributed by atoms with Gasteiger partial charge in [0.25, 0.3) is 0 Å². The van der Waals surface area contributed by atoms with Crippen molar-refractivity contribution in [2.45, 2.75) is 19.6 Å². The summed E-state index contributed by atoms with van der Waals surface area (Å²) in [5.41, 5.74) is 1.83. The van der Waals surface area contributed by atoms with Gasteiger partial charge in [-0.25, -0.2) is 4.68 Å². The maximum Gasteiger partial charge on any atom is 0.242 e. The molecule has 2 aromatic heterocycles. The first kappa shape index (κ1) is 21.1. The van der Waals surface area contributed by atoms with E-state index in [-0.39, 0.29) is 12.5 Å². The first-order chi connectivity index (χ1) is 15.1. The fourth-order valence-electron chi connectivity index (χ4n) is 3.50.